The first kappa shape index (κ1) is 13.0. The maximum Gasteiger partial charge on any atom is 0.247 e. The molecule has 2 heterocycles. The molecule has 0 spiro atoms. The molecule has 6 heteroatoms. The molecule has 1 unspecified atom stereocenters. The summed E-state index contributed by atoms with van der Waals surface area (Å²) in [6.45, 7) is 6.78. The molecule has 1 fully saturated rings. The van der Waals surface area contributed by atoms with Crippen LogP contribution in [0.5, 0.6) is 0 Å². The number of hydrogen-bond donors (Lipinski definition) is 1. The van der Waals surface area contributed by atoms with Crippen molar-refractivity contribution in [3.05, 3.63) is 11.9 Å². The van der Waals surface area contributed by atoms with Crippen LogP contribution in [-0.4, -0.2) is 45.9 Å². The fraction of sp³-hybridized carbons (Fsp3) is 0.750. The molecule has 1 aromatic rings. The van der Waals surface area contributed by atoms with Crippen LogP contribution in [0.25, 0.3) is 0 Å². The second kappa shape index (κ2) is 5.48. The minimum atomic E-state index is -0.165. The van der Waals surface area contributed by atoms with Crippen LogP contribution in [-0.2, 0) is 11.3 Å². The van der Waals surface area contributed by atoms with Gasteiger partial charge < -0.3 is 10.2 Å². The summed E-state index contributed by atoms with van der Waals surface area (Å²) >= 11 is 0. The van der Waals surface area contributed by atoms with Crippen molar-refractivity contribution in [2.24, 2.45) is 5.92 Å². The van der Waals surface area contributed by atoms with E-state index < -0.39 is 0 Å². The lowest BCUT2D eigenvalue weighted by Crippen LogP contribution is -2.24. The summed E-state index contributed by atoms with van der Waals surface area (Å²) in [7, 11) is 1.82. The zero-order valence-electron chi connectivity index (χ0n) is 11.3. The predicted molar refractivity (Wildman–Crippen MR) is 67.9 cm³/mol. The summed E-state index contributed by atoms with van der Waals surface area (Å²) in [4.78, 5) is 13.6. The van der Waals surface area contributed by atoms with Crippen LogP contribution in [0.2, 0.25) is 0 Å². The van der Waals surface area contributed by atoms with E-state index in [1.54, 1.807) is 9.58 Å². The van der Waals surface area contributed by atoms with Gasteiger partial charge in [-0.3, -0.25) is 4.79 Å². The molecule has 1 aliphatic rings. The minimum absolute atomic E-state index is 0.126. The number of nitrogens with zero attached hydrogens (tertiary/aromatic N) is 4. The van der Waals surface area contributed by atoms with E-state index in [1.807, 2.05) is 13.2 Å². The molecule has 2 rings (SSSR count). The second-order valence-electron chi connectivity index (χ2n) is 5.28. The molecule has 0 aromatic carbocycles. The maximum atomic E-state index is 11.8. The molecule has 0 radical (unpaired) electrons. The molecule has 18 heavy (non-hydrogen) atoms. The van der Waals surface area contributed by atoms with Crippen LogP contribution in [0, 0.1) is 5.92 Å². The molecule has 1 saturated heterocycles. The molecule has 0 bridgehead atoms. The Kier molecular flexibility index (Phi) is 3.96. The zero-order valence-corrected chi connectivity index (χ0v) is 11.3. The number of likely N-dealkylation sites (tertiary alicyclic amines) is 1. The summed E-state index contributed by atoms with van der Waals surface area (Å²) in [5.41, 5.74) is 0.887. The average molecular weight is 251 g/mol. The molecule has 1 atom stereocenters. The van der Waals surface area contributed by atoms with Crippen molar-refractivity contribution in [1.82, 2.24) is 25.2 Å². The molecule has 1 aliphatic heterocycles. The van der Waals surface area contributed by atoms with E-state index in [1.165, 1.54) is 0 Å². The smallest absolute Gasteiger partial charge is 0.247 e. The van der Waals surface area contributed by atoms with Crippen molar-refractivity contribution in [1.29, 1.82) is 0 Å². The first-order chi connectivity index (χ1) is 8.58. The number of likely N-dealkylation sites (N-methyl/N-ethyl adjacent to an activating group) is 1. The van der Waals surface area contributed by atoms with E-state index in [0.717, 1.165) is 25.2 Å². The van der Waals surface area contributed by atoms with Gasteiger partial charge in [0.1, 0.15) is 6.04 Å². The summed E-state index contributed by atoms with van der Waals surface area (Å²) in [5, 5.41) is 11.5. The topological polar surface area (TPSA) is 63.1 Å². The van der Waals surface area contributed by atoms with Crippen molar-refractivity contribution in [2.45, 2.75) is 32.9 Å². The molecular weight excluding hydrogens is 230 g/mol. The Labute approximate surface area is 107 Å². The largest absolute Gasteiger partial charge is 0.344 e. The van der Waals surface area contributed by atoms with Crippen molar-refractivity contribution in [2.75, 3.05) is 20.1 Å². The normalized spacial score (nSPS) is 20.1. The van der Waals surface area contributed by atoms with Gasteiger partial charge >= 0.3 is 0 Å². The molecule has 6 nitrogen and oxygen atoms in total. The van der Waals surface area contributed by atoms with Gasteiger partial charge in [-0.15, -0.1) is 5.10 Å². The quantitative estimate of drug-likeness (QED) is 0.824. The maximum absolute atomic E-state index is 11.8. The predicted octanol–water partition coefficient (Wildman–Crippen LogP) is 0.427. The molecule has 1 N–H and O–H groups in total. The lowest BCUT2D eigenvalue weighted by molar-refractivity contribution is -0.129. The van der Waals surface area contributed by atoms with Gasteiger partial charge in [-0.1, -0.05) is 19.1 Å². The van der Waals surface area contributed by atoms with Crippen molar-refractivity contribution < 1.29 is 4.79 Å². The number of rotatable bonds is 5. The number of carbonyl (C=O) groups excluding carboxylic acids is 1. The monoisotopic (exact) mass is 251 g/mol. The van der Waals surface area contributed by atoms with Crippen molar-refractivity contribution in [3.63, 3.8) is 0 Å². The van der Waals surface area contributed by atoms with Gasteiger partial charge in [-0.05, 0) is 18.9 Å². The standard InChI is InChI=1S/C12H21N5O/c1-9(2)6-13-7-10-8-17(15-14-10)11-4-5-16(3)12(11)18/h8-9,11,13H,4-7H2,1-3H3. The summed E-state index contributed by atoms with van der Waals surface area (Å²) in [6, 6.07) is -0.165. The Hall–Kier alpha value is -1.43. The third-order valence-electron chi connectivity index (χ3n) is 3.14. The fourth-order valence-electron chi connectivity index (χ4n) is 2.09. The van der Waals surface area contributed by atoms with Gasteiger partial charge in [0.05, 0.1) is 11.9 Å². The Morgan fingerprint density at radius 1 is 1.56 bits per heavy atom. The van der Waals surface area contributed by atoms with Crippen LogP contribution in [0.1, 0.15) is 32.0 Å². The Morgan fingerprint density at radius 2 is 2.33 bits per heavy atom. The first-order valence-electron chi connectivity index (χ1n) is 6.44. The molecule has 0 saturated carbocycles. The van der Waals surface area contributed by atoms with Crippen LogP contribution >= 0.6 is 0 Å². The highest BCUT2D eigenvalue weighted by molar-refractivity contribution is 5.82. The van der Waals surface area contributed by atoms with Gasteiger partial charge in [0.25, 0.3) is 0 Å². The highest BCUT2D eigenvalue weighted by Gasteiger charge is 2.31. The average Bonchev–Trinajstić information content (AvgIpc) is 2.88. The molecular formula is C12H21N5O. The van der Waals surface area contributed by atoms with E-state index in [-0.39, 0.29) is 11.9 Å². The van der Waals surface area contributed by atoms with E-state index in [2.05, 4.69) is 29.5 Å². The number of nitrogens with one attached hydrogen (secondary N) is 1. The SMILES string of the molecule is CC(C)CNCc1cn(C2CCN(C)C2=O)nn1. The third-order valence-corrected chi connectivity index (χ3v) is 3.14. The van der Waals surface area contributed by atoms with Crippen LogP contribution < -0.4 is 5.32 Å². The fourth-order valence-corrected chi connectivity index (χ4v) is 2.09. The molecule has 1 amide bonds. The third kappa shape index (κ3) is 2.87. The van der Waals surface area contributed by atoms with Crippen LogP contribution in [0.15, 0.2) is 6.20 Å². The van der Waals surface area contributed by atoms with E-state index in [9.17, 15) is 4.79 Å². The number of amides is 1. The van der Waals surface area contributed by atoms with Gasteiger partial charge in [-0.2, -0.15) is 0 Å². The van der Waals surface area contributed by atoms with Gasteiger partial charge in [0, 0.05) is 20.1 Å². The molecule has 100 valence electrons. The summed E-state index contributed by atoms with van der Waals surface area (Å²) in [5.74, 6) is 0.742. The van der Waals surface area contributed by atoms with Crippen molar-refractivity contribution >= 4 is 5.91 Å². The van der Waals surface area contributed by atoms with Gasteiger partial charge in [0.2, 0.25) is 5.91 Å². The summed E-state index contributed by atoms with van der Waals surface area (Å²) in [6.07, 6.45) is 2.69. The Balaban J connectivity index is 1.92. The highest BCUT2D eigenvalue weighted by Crippen LogP contribution is 2.20. The minimum Gasteiger partial charge on any atom is -0.344 e. The first-order valence-corrected chi connectivity index (χ1v) is 6.44. The lowest BCUT2D eigenvalue weighted by Gasteiger charge is -2.09. The van der Waals surface area contributed by atoms with Gasteiger partial charge in [0.15, 0.2) is 0 Å². The van der Waals surface area contributed by atoms with E-state index in [4.69, 9.17) is 0 Å². The number of carbonyl (C=O) groups is 1. The second-order valence-corrected chi connectivity index (χ2v) is 5.28. The van der Waals surface area contributed by atoms with Crippen LogP contribution in [0.4, 0.5) is 0 Å². The van der Waals surface area contributed by atoms with Crippen molar-refractivity contribution in [3.8, 4) is 0 Å². The Morgan fingerprint density at radius 3 is 2.94 bits per heavy atom. The molecule has 1 aromatic heterocycles. The summed E-state index contributed by atoms with van der Waals surface area (Å²) < 4.78 is 1.69. The van der Waals surface area contributed by atoms with E-state index >= 15 is 0 Å². The van der Waals surface area contributed by atoms with Crippen LogP contribution in [0.3, 0.4) is 0 Å². The number of aromatic nitrogens is 3. The number of hydrogen-bond acceptors (Lipinski definition) is 4. The van der Waals surface area contributed by atoms with E-state index in [0.29, 0.717) is 12.5 Å². The lowest BCUT2D eigenvalue weighted by atomic mass is 10.2. The zero-order chi connectivity index (χ0) is 13.1. The molecule has 0 aliphatic carbocycles. The highest BCUT2D eigenvalue weighted by atomic mass is 16.2. The van der Waals surface area contributed by atoms with Gasteiger partial charge in [-0.25, -0.2) is 4.68 Å². The Bertz CT molecular complexity index is 414.